The third kappa shape index (κ3) is 2.86. The van der Waals surface area contributed by atoms with Gasteiger partial charge in [-0.15, -0.1) is 11.3 Å². The first-order valence-corrected chi connectivity index (χ1v) is 7.69. The van der Waals surface area contributed by atoms with Gasteiger partial charge in [0.1, 0.15) is 17.2 Å². The van der Waals surface area contributed by atoms with Crippen molar-refractivity contribution < 1.29 is 9.47 Å². The largest absolute Gasteiger partial charge is 0.494 e. The third-order valence-electron chi connectivity index (χ3n) is 3.00. The van der Waals surface area contributed by atoms with Crippen LogP contribution in [0.25, 0.3) is 4.96 Å². The van der Waals surface area contributed by atoms with Crippen molar-refractivity contribution in [2.75, 3.05) is 13.7 Å². The van der Waals surface area contributed by atoms with E-state index >= 15 is 0 Å². The van der Waals surface area contributed by atoms with Crippen molar-refractivity contribution in [2.45, 2.75) is 13.5 Å². The highest BCUT2D eigenvalue weighted by atomic mass is 32.1. The van der Waals surface area contributed by atoms with Gasteiger partial charge in [0.15, 0.2) is 4.96 Å². The van der Waals surface area contributed by atoms with Gasteiger partial charge in [0.25, 0.3) is 0 Å². The Morgan fingerprint density at radius 3 is 3.00 bits per heavy atom. The first-order valence-electron chi connectivity index (χ1n) is 6.81. The Labute approximate surface area is 127 Å². The van der Waals surface area contributed by atoms with E-state index in [9.17, 15) is 0 Å². The zero-order valence-electron chi connectivity index (χ0n) is 12.0. The van der Waals surface area contributed by atoms with Gasteiger partial charge in [-0.2, -0.15) is 4.98 Å². The molecule has 0 radical (unpaired) electrons. The number of thiazole rings is 1. The van der Waals surface area contributed by atoms with Crippen molar-refractivity contribution in [3.63, 3.8) is 0 Å². The number of aromatic nitrogens is 2. The van der Waals surface area contributed by atoms with Gasteiger partial charge >= 0.3 is 0 Å². The molecule has 0 amide bonds. The molecule has 0 atom stereocenters. The fourth-order valence-electron chi connectivity index (χ4n) is 2.13. The number of imidazole rings is 1. The molecule has 0 unspecified atom stereocenters. The number of rotatable bonds is 6. The number of ether oxygens (including phenoxy) is 2. The molecule has 6 heteroatoms. The van der Waals surface area contributed by atoms with Crippen molar-refractivity contribution in [3.8, 4) is 17.4 Å². The van der Waals surface area contributed by atoms with E-state index in [0.717, 1.165) is 22.2 Å². The average molecular weight is 303 g/mol. The highest BCUT2D eigenvalue weighted by Crippen LogP contribution is 2.29. The van der Waals surface area contributed by atoms with Crippen molar-refractivity contribution >= 4 is 16.3 Å². The van der Waals surface area contributed by atoms with Gasteiger partial charge < -0.3 is 14.8 Å². The van der Waals surface area contributed by atoms with Crippen LogP contribution in [-0.4, -0.2) is 23.0 Å². The van der Waals surface area contributed by atoms with Crippen LogP contribution >= 0.6 is 11.3 Å². The van der Waals surface area contributed by atoms with Gasteiger partial charge in [-0.3, -0.25) is 4.40 Å². The van der Waals surface area contributed by atoms with E-state index in [1.807, 2.05) is 54.2 Å². The summed E-state index contributed by atoms with van der Waals surface area (Å²) in [6.45, 7) is 3.29. The lowest BCUT2D eigenvalue weighted by molar-refractivity contribution is 0.338. The van der Waals surface area contributed by atoms with Gasteiger partial charge in [0, 0.05) is 24.2 Å². The summed E-state index contributed by atoms with van der Waals surface area (Å²) in [6.07, 6.45) is 2.00. The van der Waals surface area contributed by atoms with E-state index in [2.05, 4.69) is 10.3 Å². The minimum Gasteiger partial charge on any atom is -0.494 e. The summed E-state index contributed by atoms with van der Waals surface area (Å²) < 4.78 is 13.5. The second-order valence-corrected chi connectivity index (χ2v) is 5.33. The Kier molecular flexibility index (Phi) is 4.08. The quantitative estimate of drug-likeness (QED) is 0.759. The van der Waals surface area contributed by atoms with Crippen LogP contribution < -0.4 is 14.8 Å². The second-order valence-electron chi connectivity index (χ2n) is 4.46. The summed E-state index contributed by atoms with van der Waals surface area (Å²) in [4.78, 5) is 5.47. The van der Waals surface area contributed by atoms with Crippen LogP contribution in [-0.2, 0) is 6.54 Å². The lowest BCUT2D eigenvalue weighted by Crippen LogP contribution is -2.08. The molecule has 0 aliphatic carbocycles. The maximum Gasteiger partial charge on any atom is 0.243 e. The van der Waals surface area contributed by atoms with Crippen molar-refractivity contribution in [1.82, 2.24) is 14.7 Å². The fraction of sp³-hybridized carbons (Fsp3) is 0.267. The molecule has 1 N–H and O–H groups in total. The van der Waals surface area contributed by atoms with E-state index in [-0.39, 0.29) is 0 Å². The molecule has 5 nitrogen and oxygen atoms in total. The van der Waals surface area contributed by atoms with Crippen LogP contribution in [0.15, 0.2) is 35.8 Å². The lowest BCUT2D eigenvalue weighted by atomic mass is 10.3. The molecule has 0 saturated heterocycles. The number of hydrogen-bond acceptors (Lipinski definition) is 5. The van der Waals surface area contributed by atoms with Gasteiger partial charge in [0.2, 0.25) is 5.88 Å². The van der Waals surface area contributed by atoms with E-state index in [0.29, 0.717) is 19.0 Å². The summed E-state index contributed by atoms with van der Waals surface area (Å²) in [5.41, 5.74) is 1.01. The molecule has 0 spiro atoms. The van der Waals surface area contributed by atoms with Crippen LogP contribution in [0.5, 0.6) is 17.4 Å². The molecular weight excluding hydrogens is 286 g/mol. The summed E-state index contributed by atoms with van der Waals surface area (Å²) >= 11 is 1.59. The Hall–Kier alpha value is -2.05. The molecule has 0 aliphatic heterocycles. The van der Waals surface area contributed by atoms with Gasteiger partial charge in [-0.1, -0.05) is 6.07 Å². The molecule has 0 saturated carbocycles. The number of fused-ring (bicyclic) bond motifs is 1. The summed E-state index contributed by atoms with van der Waals surface area (Å²) in [7, 11) is 1.91. The molecule has 0 bridgehead atoms. The van der Waals surface area contributed by atoms with Crippen LogP contribution in [0.3, 0.4) is 0 Å². The molecule has 2 heterocycles. The average Bonchev–Trinajstić information content (AvgIpc) is 3.03. The highest BCUT2D eigenvalue weighted by Gasteiger charge is 2.14. The molecule has 0 aliphatic rings. The predicted octanol–water partition coefficient (Wildman–Crippen LogP) is 3.31. The van der Waals surface area contributed by atoms with Gasteiger partial charge in [0.05, 0.1) is 6.61 Å². The Morgan fingerprint density at radius 2 is 2.19 bits per heavy atom. The smallest absolute Gasteiger partial charge is 0.243 e. The molecule has 21 heavy (non-hydrogen) atoms. The zero-order valence-corrected chi connectivity index (χ0v) is 12.8. The number of nitrogens with zero attached hydrogens (tertiary/aromatic N) is 2. The molecule has 2 aromatic heterocycles. The third-order valence-corrected chi connectivity index (χ3v) is 3.76. The van der Waals surface area contributed by atoms with Crippen LogP contribution in [0.4, 0.5) is 0 Å². The van der Waals surface area contributed by atoms with Crippen LogP contribution in [0, 0.1) is 0 Å². The molecule has 110 valence electrons. The number of nitrogens with one attached hydrogen (secondary N) is 1. The normalized spacial score (nSPS) is 11.0. The summed E-state index contributed by atoms with van der Waals surface area (Å²) in [5, 5.41) is 5.16. The Morgan fingerprint density at radius 1 is 1.33 bits per heavy atom. The first kappa shape index (κ1) is 13.9. The topological polar surface area (TPSA) is 47.8 Å². The Balaban J connectivity index is 1.91. The standard InChI is InChI=1S/C15H17N3O2S/c1-3-19-11-5-4-6-12(9-11)20-14-13(10-16-2)18-7-8-21-15(18)17-14/h4-9,16H,3,10H2,1-2H3. The zero-order chi connectivity index (χ0) is 14.7. The minimum atomic E-state index is 0.629. The first-order chi connectivity index (χ1) is 10.3. The van der Waals surface area contributed by atoms with E-state index in [1.54, 1.807) is 11.3 Å². The van der Waals surface area contributed by atoms with Crippen LogP contribution in [0.2, 0.25) is 0 Å². The molecule has 3 rings (SSSR count). The monoisotopic (exact) mass is 303 g/mol. The van der Waals surface area contributed by atoms with E-state index < -0.39 is 0 Å². The number of hydrogen-bond donors (Lipinski definition) is 1. The van der Waals surface area contributed by atoms with Crippen molar-refractivity contribution in [3.05, 3.63) is 41.5 Å². The van der Waals surface area contributed by atoms with Gasteiger partial charge in [-0.05, 0) is 26.1 Å². The van der Waals surface area contributed by atoms with Crippen molar-refractivity contribution in [1.29, 1.82) is 0 Å². The molecule has 3 aromatic rings. The summed E-state index contributed by atoms with van der Waals surface area (Å²) in [5.74, 6) is 2.15. The minimum absolute atomic E-state index is 0.629. The highest BCUT2D eigenvalue weighted by molar-refractivity contribution is 7.15. The molecule has 0 fully saturated rings. The van der Waals surface area contributed by atoms with E-state index in [4.69, 9.17) is 9.47 Å². The van der Waals surface area contributed by atoms with E-state index in [1.165, 1.54) is 0 Å². The lowest BCUT2D eigenvalue weighted by Gasteiger charge is -2.08. The Bertz CT molecular complexity index is 735. The summed E-state index contributed by atoms with van der Waals surface area (Å²) in [6, 6.07) is 7.60. The predicted molar refractivity (Wildman–Crippen MR) is 83.5 cm³/mol. The molecular formula is C15H17N3O2S. The molecule has 1 aromatic carbocycles. The van der Waals surface area contributed by atoms with Crippen molar-refractivity contribution in [2.24, 2.45) is 0 Å². The maximum absolute atomic E-state index is 5.95. The SMILES string of the molecule is CCOc1cccc(Oc2nc3sccn3c2CNC)c1. The second kappa shape index (κ2) is 6.15. The maximum atomic E-state index is 5.95. The van der Waals surface area contributed by atoms with Crippen LogP contribution in [0.1, 0.15) is 12.6 Å². The van der Waals surface area contributed by atoms with Gasteiger partial charge in [-0.25, -0.2) is 0 Å². The fourth-order valence-corrected chi connectivity index (χ4v) is 2.85. The number of benzene rings is 1.